The van der Waals surface area contributed by atoms with Crippen LogP contribution in [-0.4, -0.2) is 11.3 Å². The number of carbonyl (C=O) groups is 1. The zero-order chi connectivity index (χ0) is 11.4. The van der Waals surface area contributed by atoms with Crippen molar-refractivity contribution in [2.75, 3.05) is 0 Å². The fourth-order valence-electron chi connectivity index (χ4n) is 1.58. The van der Waals surface area contributed by atoms with Crippen LogP contribution < -0.4 is 0 Å². The van der Waals surface area contributed by atoms with Crippen molar-refractivity contribution in [2.24, 2.45) is 0 Å². The molecular formula is C13H10FNO. The average Bonchev–Trinajstić information content (AvgIpc) is 2.33. The fourth-order valence-corrected chi connectivity index (χ4v) is 1.58. The van der Waals surface area contributed by atoms with Crippen LogP contribution in [0.1, 0.15) is 5.56 Å². The number of pyridine rings is 1. The minimum absolute atomic E-state index is 0.102. The number of halogens is 1. The molecule has 0 aliphatic rings. The van der Waals surface area contributed by atoms with Gasteiger partial charge in [0.25, 0.3) is 0 Å². The number of carbonyl (C=O) groups excluding carboxylic acids is 1. The van der Waals surface area contributed by atoms with Gasteiger partial charge in [0.15, 0.2) is 0 Å². The SMILES string of the molecule is O=CCc1cccc(-c2ccncc2)c1F. The molecule has 2 rings (SSSR count). The van der Waals surface area contributed by atoms with Gasteiger partial charge >= 0.3 is 0 Å². The zero-order valence-corrected chi connectivity index (χ0v) is 8.56. The molecule has 1 aromatic carbocycles. The number of aldehydes is 1. The van der Waals surface area contributed by atoms with Crippen LogP contribution in [0.3, 0.4) is 0 Å². The lowest BCUT2D eigenvalue weighted by molar-refractivity contribution is -0.107. The molecule has 0 aliphatic carbocycles. The van der Waals surface area contributed by atoms with Crippen molar-refractivity contribution in [3.05, 3.63) is 54.1 Å². The standard InChI is InChI=1S/C13H10FNO/c14-13-11(6-9-16)2-1-3-12(13)10-4-7-15-8-5-10/h1-5,7-9H,6H2. The topological polar surface area (TPSA) is 30.0 Å². The summed E-state index contributed by atoms with van der Waals surface area (Å²) in [6.45, 7) is 0. The molecule has 1 aromatic heterocycles. The quantitative estimate of drug-likeness (QED) is 0.737. The Bertz CT molecular complexity index is 497. The van der Waals surface area contributed by atoms with Crippen LogP contribution in [-0.2, 0) is 11.2 Å². The highest BCUT2D eigenvalue weighted by Gasteiger charge is 2.08. The van der Waals surface area contributed by atoms with Gasteiger partial charge in [0.05, 0.1) is 0 Å². The highest BCUT2D eigenvalue weighted by atomic mass is 19.1. The van der Waals surface area contributed by atoms with Crippen LogP contribution in [0.5, 0.6) is 0 Å². The molecule has 1 heterocycles. The van der Waals surface area contributed by atoms with E-state index in [1.165, 1.54) is 0 Å². The van der Waals surface area contributed by atoms with Crippen LogP contribution in [0.15, 0.2) is 42.7 Å². The van der Waals surface area contributed by atoms with E-state index in [1.807, 2.05) is 0 Å². The molecule has 16 heavy (non-hydrogen) atoms. The van der Waals surface area contributed by atoms with E-state index >= 15 is 0 Å². The molecular weight excluding hydrogens is 205 g/mol. The number of benzene rings is 1. The number of aromatic nitrogens is 1. The zero-order valence-electron chi connectivity index (χ0n) is 8.56. The Morgan fingerprint density at radius 3 is 2.62 bits per heavy atom. The molecule has 2 nitrogen and oxygen atoms in total. The molecule has 0 unspecified atom stereocenters. The summed E-state index contributed by atoms with van der Waals surface area (Å²) in [7, 11) is 0. The lowest BCUT2D eigenvalue weighted by atomic mass is 10.0. The van der Waals surface area contributed by atoms with Crippen molar-refractivity contribution >= 4 is 6.29 Å². The minimum Gasteiger partial charge on any atom is -0.303 e. The van der Waals surface area contributed by atoms with E-state index < -0.39 is 0 Å². The molecule has 80 valence electrons. The van der Waals surface area contributed by atoms with Gasteiger partial charge in [0.1, 0.15) is 12.1 Å². The average molecular weight is 215 g/mol. The molecule has 0 atom stereocenters. The Kier molecular flexibility index (Phi) is 3.05. The first-order valence-electron chi connectivity index (χ1n) is 4.94. The van der Waals surface area contributed by atoms with E-state index in [-0.39, 0.29) is 12.2 Å². The molecule has 0 aliphatic heterocycles. The molecule has 3 heteroatoms. The molecule has 0 radical (unpaired) electrons. The van der Waals surface area contributed by atoms with Crippen molar-refractivity contribution in [3.8, 4) is 11.1 Å². The van der Waals surface area contributed by atoms with Crippen LogP contribution in [0, 0.1) is 5.82 Å². The van der Waals surface area contributed by atoms with E-state index in [0.717, 1.165) is 5.56 Å². The van der Waals surface area contributed by atoms with Crippen LogP contribution in [0.25, 0.3) is 11.1 Å². The second-order valence-corrected chi connectivity index (χ2v) is 3.39. The lowest BCUT2D eigenvalue weighted by Gasteiger charge is -2.06. The summed E-state index contributed by atoms with van der Waals surface area (Å²) >= 11 is 0. The first-order valence-corrected chi connectivity index (χ1v) is 4.94. The molecule has 0 amide bonds. The summed E-state index contributed by atoms with van der Waals surface area (Å²) in [5.41, 5.74) is 1.69. The van der Waals surface area contributed by atoms with Crippen LogP contribution >= 0.6 is 0 Å². The monoisotopic (exact) mass is 215 g/mol. The normalized spacial score (nSPS) is 10.1. The Balaban J connectivity index is 2.50. The summed E-state index contributed by atoms with van der Waals surface area (Å²) in [6, 6.07) is 8.54. The summed E-state index contributed by atoms with van der Waals surface area (Å²) in [5, 5.41) is 0. The van der Waals surface area contributed by atoms with E-state index in [4.69, 9.17) is 0 Å². The minimum atomic E-state index is -0.333. The van der Waals surface area contributed by atoms with E-state index in [0.29, 0.717) is 17.4 Å². The summed E-state index contributed by atoms with van der Waals surface area (Å²) in [4.78, 5) is 14.3. The third-order valence-corrected chi connectivity index (χ3v) is 2.37. The molecule has 0 fully saturated rings. The van der Waals surface area contributed by atoms with Crippen molar-refractivity contribution in [2.45, 2.75) is 6.42 Å². The predicted molar refractivity (Wildman–Crippen MR) is 59.4 cm³/mol. The Morgan fingerprint density at radius 2 is 1.94 bits per heavy atom. The van der Waals surface area contributed by atoms with Gasteiger partial charge in [-0.2, -0.15) is 0 Å². The summed E-state index contributed by atoms with van der Waals surface area (Å²) in [5.74, 6) is -0.333. The smallest absolute Gasteiger partial charge is 0.134 e. The third-order valence-electron chi connectivity index (χ3n) is 2.37. The van der Waals surface area contributed by atoms with Gasteiger partial charge in [-0.15, -0.1) is 0 Å². The molecule has 0 spiro atoms. The third kappa shape index (κ3) is 1.98. The number of nitrogens with zero attached hydrogens (tertiary/aromatic N) is 1. The second-order valence-electron chi connectivity index (χ2n) is 3.39. The highest BCUT2D eigenvalue weighted by Crippen LogP contribution is 2.24. The van der Waals surface area contributed by atoms with Crippen molar-refractivity contribution in [1.82, 2.24) is 4.98 Å². The van der Waals surface area contributed by atoms with Gasteiger partial charge in [-0.1, -0.05) is 18.2 Å². The fraction of sp³-hybridized carbons (Fsp3) is 0.0769. The van der Waals surface area contributed by atoms with E-state index in [1.54, 1.807) is 42.7 Å². The van der Waals surface area contributed by atoms with E-state index in [2.05, 4.69) is 4.98 Å². The Labute approximate surface area is 92.8 Å². The van der Waals surface area contributed by atoms with Gasteiger partial charge < -0.3 is 4.79 Å². The highest BCUT2D eigenvalue weighted by molar-refractivity contribution is 5.66. The molecule has 0 saturated heterocycles. The van der Waals surface area contributed by atoms with Gasteiger partial charge in [-0.25, -0.2) is 4.39 Å². The maximum absolute atomic E-state index is 14.0. The van der Waals surface area contributed by atoms with Gasteiger partial charge in [0.2, 0.25) is 0 Å². The number of hydrogen-bond acceptors (Lipinski definition) is 2. The first kappa shape index (κ1) is 10.5. The molecule has 0 N–H and O–H groups in total. The molecule has 0 saturated carbocycles. The van der Waals surface area contributed by atoms with Crippen molar-refractivity contribution in [1.29, 1.82) is 0 Å². The molecule has 2 aromatic rings. The van der Waals surface area contributed by atoms with Crippen molar-refractivity contribution < 1.29 is 9.18 Å². The van der Waals surface area contributed by atoms with Gasteiger partial charge in [0, 0.05) is 24.4 Å². The first-order chi connectivity index (χ1) is 7.83. The van der Waals surface area contributed by atoms with Crippen LogP contribution in [0.4, 0.5) is 4.39 Å². The predicted octanol–water partition coefficient (Wildman–Crippen LogP) is 2.63. The molecule has 0 bridgehead atoms. The number of rotatable bonds is 3. The van der Waals surface area contributed by atoms with Crippen LogP contribution in [0.2, 0.25) is 0 Å². The summed E-state index contributed by atoms with van der Waals surface area (Å²) < 4.78 is 14.0. The maximum Gasteiger partial charge on any atom is 0.134 e. The Morgan fingerprint density at radius 1 is 1.19 bits per heavy atom. The largest absolute Gasteiger partial charge is 0.303 e. The maximum atomic E-state index is 14.0. The van der Waals surface area contributed by atoms with E-state index in [9.17, 15) is 9.18 Å². The lowest BCUT2D eigenvalue weighted by Crippen LogP contribution is -1.94. The second kappa shape index (κ2) is 4.66. The Hall–Kier alpha value is -2.03. The summed E-state index contributed by atoms with van der Waals surface area (Å²) in [6.07, 6.45) is 4.03. The van der Waals surface area contributed by atoms with Gasteiger partial charge in [-0.3, -0.25) is 4.98 Å². The van der Waals surface area contributed by atoms with Gasteiger partial charge in [-0.05, 0) is 23.3 Å². The van der Waals surface area contributed by atoms with Crippen molar-refractivity contribution in [3.63, 3.8) is 0 Å². The number of hydrogen-bond donors (Lipinski definition) is 0.